The Morgan fingerprint density at radius 2 is 1.70 bits per heavy atom. The Kier molecular flexibility index (Phi) is 4.42. The third kappa shape index (κ3) is 3.16. The Labute approximate surface area is 127 Å². The van der Waals surface area contributed by atoms with Crippen molar-refractivity contribution in [1.82, 2.24) is 0 Å². The standard InChI is InChI=1S/C14H10BrClF3N/c15-11-6-5-8(14(17,18)19)7-10(11)13(20)9-3-1-2-4-12(9)16/h1-7,13H,20H2. The molecule has 0 heterocycles. The van der Waals surface area contributed by atoms with Crippen LogP contribution in [0.3, 0.4) is 0 Å². The molecule has 0 aliphatic rings. The first-order chi connectivity index (χ1) is 9.30. The van der Waals surface area contributed by atoms with E-state index in [9.17, 15) is 13.2 Å². The Bertz CT molecular complexity index is 628. The van der Waals surface area contributed by atoms with E-state index in [1.165, 1.54) is 6.07 Å². The zero-order valence-electron chi connectivity index (χ0n) is 10.1. The van der Waals surface area contributed by atoms with Gasteiger partial charge in [0.15, 0.2) is 0 Å². The molecule has 0 aromatic heterocycles. The molecule has 0 saturated heterocycles. The van der Waals surface area contributed by atoms with Gasteiger partial charge in [-0.05, 0) is 35.4 Å². The van der Waals surface area contributed by atoms with Gasteiger partial charge in [0.05, 0.1) is 11.6 Å². The Morgan fingerprint density at radius 3 is 2.30 bits per heavy atom. The van der Waals surface area contributed by atoms with Gasteiger partial charge in [-0.1, -0.05) is 45.7 Å². The van der Waals surface area contributed by atoms with Crippen molar-refractivity contribution in [3.05, 3.63) is 68.7 Å². The fraction of sp³-hybridized carbons (Fsp3) is 0.143. The van der Waals surface area contributed by atoms with Gasteiger partial charge in [-0.15, -0.1) is 0 Å². The summed E-state index contributed by atoms with van der Waals surface area (Å²) < 4.78 is 38.8. The van der Waals surface area contributed by atoms with Crippen molar-refractivity contribution in [2.75, 3.05) is 0 Å². The minimum absolute atomic E-state index is 0.341. The minimum Gasteiger partial charge on any atom is -0.320 e. The molecule has 0 aliphatic carbocycles. The van der Waals surface area contributed by atoms with Gasteiger partial charge >= 0.3 is 6.18 Å². The minimum atomic E-state index is -4.41. The SMILES string of the molecule is NC(c1ccccc1Cl)c1cc(C(F)(F)F)ccc1Br. The molecule has 0 spiro atoms. The lowest BCUT2D eigenvalue weighted by Crippen LogP contribution is -2.15. The lowest BCUT2D eigenvalue weighted by Gasteiger charge is -2.17. The summed E-state index contributed by atoms with van der Waals surface area (Å²) in [4.78, 5) is 0. The first-order valence-electron chi connectivity index (χ1n) is 5.67. The van der Waals surface area contributed by atoms with Crippen molar-refractivity contribution in [3.63, 3.8) is 0 Å². The van der Waals surface area contributed by atoms with Crippen LogP contribution in [-0.4, -0.2) is 0 Å². The summed E-state index contributed by atoms with van der Waals surface area (Å²) >= 11 is 9.26. The Hall–Kier alpha value is -1.04. The van der Waals surface area contributed by atoms with E-state index in [1.807, 2.05) is 0 Å². The number of halogens is 5. The van der Waals surface area contributed by atoms with Crippen molar-refractivity contribution in [2.45, 2.75) is 12.2 Å². The second-order valence-electron chi connectivity index (χ2n) is 4.23. The fourth-order valence-electron chi connectivity index (χ4n) is 1.85. The van der Waals surface area contributed by atoms with Crippen LogP contribution in [0.2, 0.25) is 5.02 Å². The molecule has 106 valence electrons. The fourth-order valence-corrected chi connectivity index (χ4v) is 2.60. The third-order valence-corrected chi connectivity index (χ3v) is 3.97. The first kappa shape index (κ1) is 15.4. The van der Waals surface area contributed by atoms with E-state index in [0.717, 1.165) is 12.1 Å². The topological polar surface area (TPSA) is 26.0 Å². The zero-order chi connectivity index (χ0) is 14.9. The largest absolute Gasteiger partial charge is 0.416 e. The van der Waals surface area contributed by atoms with Crippen LogP contribution in [0.1, 0.15) is 22.7 Å². The first-order valence-corrected chi connectivity index (χ1v) is 6.84. The van der Waals surface area contributed by atoms with Gasteiger partial charge in [0, 0.05) is 9.50 Å². The number of rotatable bonds is 2. The zero-order valence-corrected chi connectivity index (χ0v) is 12.4. The van der Waals surface area contributed by atoms with Gasteiger partial charge in [0.2, 0.25) is 0 Å². The van der Waals surface area contributed by atoms with E-state index < -0.39 is 17.8 Å². The number of benzene rings is 2. The highest BCUT2D eigenvalue weighted by Crippen LogP contribution is 2.36. The second-order valence-corrected chi connectivity index (χ2v) is 5.49. The molecule has 0 fully saturated rings. The maximum Gasteiger partial charge on any atom is 0.416 e. The molecule has 2 N–H and O–H groups in total. The van der Waals surface area contributed by atoms with E-state index in [-0.39, 0.29) is 0 Å². The van der Waals surface area contributed by atoms with Crippen molar-refractivity contribution in [3.8, 4) is 0 Å². The van der Waals surface area contributed by atoms with Gasteiger partial charge in [-0.3, -0.25) is 0 Å². The maximum absolute atomic E-state index is 12.8. The number of hydrogen-bond donors (Lipinski definition) is 1. The van der Waals surface area contributed by atoms with Crippen molar-refractivity contribution in [2.24, 2.45) is 5.73 Å². The average Bonchev–Trinajstić information content (AvgIpc) is 2.37. The van der Waals surface area contributed by atoms with Crippen LogP contribution in [0.4, 0.5) is 13.2 Å². The van der Waals surface area contributed by atoms with Crippen LogP contribution in [-0.2, 0) is 6.18 Å². The summed E-state index contributed by atoms with van der Waals surface area (Å²) in [6, 6.07) is 9.47. The van der Waals surface area contributed by atoms with E-state index in [0.29, 0.717) is 20.6 Å². The van der Waals surface area contributed by atoms with Gasteiger partial charge in [0.1, 0.15) is 0 Å². The van der Waals surface area contributed by atoms with Gasteiger partial charge in [0.25, 0.3) is 0 Å². The van der Waals surface area contributed by atoms with Crippen LogP contribution < -0.4 is 5.73 Å². The molecule has 0 radical (unpaired) electrons. The smallest absolute Gasteiger partial charge is 0.320 e. The summed E-state index contributed by atoms with van der Waals surface area (Å²) in [5.41, 5.74) is 6.23. The van der Waals surface area contributed by atoms with Gasteiger partial charge < -0.3 is 5.73 Å². The van der Waals surface area contributed by atoms with E-state index in [4.69, 9.17) is 17.3 Å². The molecule has 6 heteroatoms. The van der Waals surface area contributed by atoms with Crippen molar-refractivity contribution >= 4 is 27.5 Å². The second kappa shape index (κ2) is 5.76. The van der Waals surface area contributed by atoms with Crippen LogP contribution >= 0.6 is 27.5 Å². The van der Waals surface area contributed by atoms with Gasteiger partial charge in [-0.2, -0.15) is 13.2 Å². The molecule has 1 atom stereocenters. The molecule has 0 amide bonds. The molecule has 2 rings (SSSR count). The van der Waals surface area contributed by atoms with E-state index in [1.54, 1.807) is 24.3 Å². The molecule has 2 aromatic rings. The molecular weight excluding hydrogens is 355 g/mol. The third-order valence-electron chi connectivity index (χ3n) is 2.90. The van der Waals surface area contributed by atoms with Crippen LogP contribution in [0.5, 0.6) is 0 Å². The molecule has 1 nitrogen and oxygen atoms in total. The molecule has 2 aromatic carbocycles. The summed E-state index contributed by atoms with van der Waals surface area (Å²) in [7, 11) is 0. The summed E-state index contributed by atoms with van der Waals surface area (Å²) in [5.74, 6) is 0. The van der Waals surface area contributed by atoms with Crippen LogP contribution in [0.15, 0.2) is 46.9 Å². The molecular formula is C14H10BrClF3N. The highest BCUT2D eigenvalue weighted by Gasteiger charge is 2.31. The monoisotopic (exact) mass is 363 g/mol. The molecule has 0 bridgehead atoms. The van der Waals surface area contributed by atoms with Crippen molar-refractivity contribution in [1.29, 1.82) is 0 Å². The number of hydrogen-bond acceptors (Lipinski definition) is 1. The molecule has 0 saturated carbocycles. The van der Waals surface area contributed by atoms with Crippen molar-refractivity contribution < 1.29 is 13.2 Å². The molecule has 20 heavy (non-hydrogen) atoms. The predicted octanol–water partition coefficient (Wildman–Crippen LogP) is 5.17. The average molecular weight is 365 g/mol. The molecule has 1 unspecified atom stereocenters. The Morgan fingerprint density at radius 1 is 1.05 bits per heavy atom. The van der Waals surface area contributed by atoms with Crippen LogP contribution in [0, 0.1) is 0 Å². The van der Waals surface area contributed by atoms with E-state index >= 15 is 0 Å². The number of alkyl halides is 3. The number of nitrogens with two attached hydrogens (primary N) is 1. The molecule has 0 aliphatic heterocycles. The lowest BCUT2D eigenvalue weighted by molar-refractivity contribution is -0.137. The van der Waals surface area contributed by atoms with E-state index in [2.05, 4.69) is 15.9 Å². The lowest BCUT2D eigenvalue weighted by atomic mass is 9.98. The summed E-state index contributed by atoms with van der Waals surface area (Å²) in [6.45, 7) is 0. The highest BCUT2D eigenvalue weighted by molar-refractivity contribution is 9.10. The Balaban J connectivity index is 2.50. The summed E-state index contributed by atoms with van der Waals surface area (Å²) in [6.07, 6.45) is -4.41. The predicted molar refractivity (Wildman–Crippen MR) is 76.6 cm³/mol. The van der Waals surface area contributed by atoms with Crippen LogP contribution in [0.25, 0.3) is 0 Å². The van der Waals surface area contributed by atoms with Gasteiger partial charge in [-0.25, -0.2) is 0 Å². The highest BCUT2D eigenvalue weighted by atomic mass is 79.9. The summed E-state index contributed by atoms with van der Waals surface area (Å²) in [5, 5.41) is 0.421. The normalized spacial score (nSPS) is 13.3. The quantitative estimate of drug-likeness (QED) is 0.782. The maximum atomic E-state index is 12.8.